The highest BCUT2D eigenvalue weighted by Gasteiger charge is 2.26. The van der Waals surface area contributed by atoms with E-state index in [4.69, 9.17) is 23.7 Å². The summed E-state index contributed by atoms with van der Waals surface area (Å²) in [5, 5.41) is 6.21. The highest BCUT2D eigenvalue weighted by atomic mass is 32.1. The van der Waals surface area contributed by atoms with Gasteiger partial charge in [-0.3, -0.25) is 4.79 Å². The van der Waals surface area contributed by atoms with Crippen LogP contribution in [0.1, 0.15) is 21.5 Å². The van der Waals surface area contributed by atoms with E-state index in [0.29, 0.717) is 39.4 Å². The van der Waals surface area contributed by atoms with E-state index in [1.54, 1.807) is 30.3 Å². The van der Waals surface area contributed by atoms with E-state index in [9.17, 15) is 4.79 Å². The summed E-state index contributed by atoms with van der Waals surface area (Å²) in [6.45, 7) is 2.01. The van der Waals surface area contributed by atoms with Crippen LogP contribution in [0.3, 0.4) is 0 Å². The molecule has 0 aliphatic rings. The summed E-state index contributed by atoms with van der Waals surface area (Å²) in [5.74, 6) is 1.69. The molecule has 0 atom stereocenters. The molecule has 37 heavy (non-hydrogen) atoms. The third kappa shape index (κ3) is 5.14. The van der Waals surface area contributed by atoms with E-state index in [0.717, 1.165) is 15.8 Å². The second-order valence-electron chi connectivity index (χ2n) is 7.83. The minimum absolute atomic E-state index is 0.277. The number of amides is 1. The van der Waals surface area contributed by atoms with Gasteiger partial charge in [0.15, 0.2) is 23.0 Å². The molecule has 0 fully saturated rings. The minimum Gasteiger partial charge on any atom is -0.493 e. The lowest BCUT2D eigenvalue weighted by atomic mass is 10.1. The Morgan fingerprint density at radius 2 is 1.54 bits per heavy atom. The summed E-state index contributed by atoms with van der Waals surface area (Å²) in [6, 6.07) is 14.5. The summed E-state index contributed by atoms with van der Waals surface area (Å²) in [4.78, 5) is 18.6. The first-order chi connectivity index (χ1) is 17.9. The van der Waals surface area contributed by atoms with E-state index < -0.39 is 5.91 Å². The molecule has 4 rings (SSSR count). The van der Waals surface area contributed by atoms with Gasteiger partial charge in [0, 0.05) is 5.56 Å². The standard InChI is InChI=1S/C27H27N3O6S/c1-16-10-11-19-23(12-16)37-27(29-19)30(26(31)18-8-7-9-20(32-2)24(18)35-5)28-15-17-13-21(33-3)25(36-6)22(14-17)34-4/h7-15H,1-6H3/b28-15+. The first kappa shape index (κ1) is 25.8. The molecule has 0 saturated carbocycles. The van der Waals surface area contributed by atoms with Gasteiger partial charge in [0.05, 0.1) is 57.5 Å². The van der Waals surface area contributed by atoms with Gasteiger partial charge in [0.25, 0.3) is 5.91 Å². The van der Waals surface area contributed by atoms with E-state index in [-0.39, 0.29) is 5.56 Å². The molecule has 0 bridgehead atoms. The number of fused-ring (bicyclic) bond motifs is 1. The number of anilines is 1. The maximum absolute atomic E-state index is 13.9. The van der Waals surface area contributed by atoms with Gasteiger partial charge in [-0.1, -0.05) is 23.5 Å². The molecule has 192 valence electrons. The van der Waals surface area contributed by atoms with Gasteiger partial charge in [-0.2, -0.15) is 10.1 Å². The lowest BCUT2D eigenvalue weighted by Gasteiger charge is -2.17. The van der Waals surface area contributed by atoms with Crippen molar-refractivity contribution in [1.82, 2.24) is 4.98 Å². The average Bonchev–Trinajstić information content (AvgIpc) is 3.34. The first-order valence-electron chi connectivity index (χ1n) is 11.2. The van der Waals surface area contributed by atoms with Crippen molar-refractivity contribution in [3.63, 3.8) is 0 Å². The number of thiazole rings is 1. The molecule has 0 saturated heterocycles. The van der Waals surface area contributed by atoms with Crippen LogP contribution in [-0.4, -0.2) is 52.7 Å². The summed E-state index contributed by atoms with van der Waals surface area (Å²) in [6.07, 6.45) is 1.53. The van der Waals surface area contributed by atoms with E-state index >= 15 is 0 Å². The van der Waals surface area contributed by atoms with Crippen molar-refractivity contribution in [2.75, 3.05) is 40.6 Å². The van der Waals surface area contributed by atoms with Crippen molar-refractivity contribution in [3.05, 3.63) is 65.2 Å². The SMILES string of the molecule is COc1cc(/C=N/N(C(=O)c2cccc(OC)c2OC)c2nc3ccc(C)cc3s2)cc(OC)c1OC. The maximum atomic E-state index is 13.9. The Bertz CT molecular complexity index is 1440. The zero-order valence-corrected chi connectivity index (χ0v) is 22.2. The fourth-order valence-corrected chi connectivity index (χ4v) is 4.79. The van der Waals surface area contributed by atoms with Crippen molar-refractivity contribution in [3.8, 4) is 28.7 Å². The van der Waals surface area contributed by atoms with Crippen LogP contribution >= 0.6 is 11.3 Å². The molecule has 4 aromatic rings. The number of hydrogen-bond donors (Lipinski definition) is 0. The molecule has 0 aliphatic heterocycles. The van der Waals surface area contributed by atoms with Crippen molar-refractivity contribution in [2.45, 2.75) is 6.92 Å². The van der Waals surface area contributed by atoms with E-state index in [1.165, 1.54) is 58.1 Å². The third-order valence-electron chi connectivity index (χ3n) is 5.55. The number of hydrazone groups is 1. The van der Waals surface area contributed by atoms with Gasteiger partial charge in [-0.15, -0.1) is 0 Å². The van der Waals surface area contributed by atoms with Crippen LogP contribution in [0.25, 0.3) is 10.2 Å². The third-order valence-corrected chi connectivity index (χ3v) is 6.54. The summed E-state index contributed by atoms with van der Waals surface area (Å²) in [7, 11) is 7.60. The largest absolute Gasteiger partial charge is 0.493 e. The van der Waals surface area contributed by atoms with Crippen molar-refractivity contribution >= 4 is 38.8 Å². The molecule has 3 aromatic carbocycles. The number of benzene rings is 3. The van der Waals surface area contributed by atoms with Crippen molar-refractivity contribution in [1.29, 1.82) is 0 Å². The smallest absolute Gasteiger partial charge is 0.284 e. The van der Waals surface area contributed by atoms with Crippen LogP contribution in [0.5, 0.6) is 28.7 Å². The zero-order valence-electron chi connectivity index (χ0n) is 21.4. The Morgan fingerprint density at radius 3 is 2.16 bits per heavy atom. The predicted octanol–water partition coefficient (Wildman–Crippen LogP) is 5.33. The van der Waals surface area contributed by atoms with Gasteiger partial charge >= 0.3 is 0 Å². The number of carbonyl (C=O) groups is 1. The monoisotopic (exact) mass is 521 g/mol. The van der Waals surface area contributed by atoms with Crippen molar-refractivity contribution in [2.24, 2.45) is 5.10 Å². The quantitative estimate of drug-likeness (QED) is 0.217. The molecule has 9 nitrogen and oxygen atoms in total. The van der Waals surface area contributed by atoms with Gasteiger partial charge < -0.3 is 23.7 Å². The Hall–Kier alpha value is -4.31. The first-order valence-corrected chi connectivity index (χ1v) is 12.0. The van der Waals surface area contributed by atoms with Crippen LogP contribution in [0.2, 0.25) is 0 Å². The lowest BCUT2D eigenvalue weighted by molar-refractivity contribution is 0.0984. The van der Waals surface area contributed by atoms with Crippen LogP contribution in [-0.2, 0) is 0 Å². The second-order valence-corrected chi connectivity index (χ2v) is 8.84. The van der Waals surface area contributed by atoms with E-state index in [1.807, 2.05) is 25.1 Å². The maximum Gasteiger partial charge on any atom is 0.284 e. The molecule has 0 aliphatic carbocycles. The lowest BCUT2D eigenvalue weighted by Crippen LogP contribution is -2.26. The topological polar surface area (TPSA) is 91.7 Å². The Labute approximate surface area is 218 Å². The molecule has 0 spiro atoms. The highest BCUT2D eigenvalue weighted by molar-refractivity contribution is 7.22. The number of carbonyl (C=O) groups excluding carboxylic acids is 1. The Balaban J connectivity index is 1.84. The minimum atomic E-state index is -0.435. The zero-order chi connectivity index (χ0) is 26.5. The van der Waals surface area contributed by atoms with Crippen LogP contribution in [0.15, 0.2) is 53.6 Å². The van der Waals surface area contributed by atoms with Crippen LogP contribution in [0.4, 0.5) is 5.13 Å². The summed E-state index contributed by atoms with van der Waals surface area (Å²) < 4.78 is 28.1. The number of para-hydroxylation sites is 1. The van der Waals surface area contributed by atoms with Gasteiger partial charge in [0.1, 0.15) is 0 Å². The van der Waals surface area contributed by atoms with Gasteiger partial charge in [0.2, 0.25) is 10.9 Å². The molecule has 1 amide bonds. The molecule has 0 unspecified atom stereocenters. The highest BCUT2D eigenvalue weighted by Crippen LogP contribution is 2.38. The number of hydrogen-bond acceptors (Lipinski definition) is 9. The van der Waals surface area contributed by atoms with Crippen LogP contribution in [0, 0.1) is 6.92 Å². The number of ether oxygens (including phenoxy) is 5. The Morgan fingerprint density at radius 1 is 0.865 bits per heavy atom. The normalized spacial score (nSPS) is 11.0. The number of aromatic nitrogens is 1. The van der Waals surface area contributed by atoms with Crippen molar-refractivity contribution < 1.29 is 28.5 Å². The number of nitrogens with zero attached hydrogens (tertiary/aromatic N) is 3. The van der Waals surface area contributed by atoms with Gasteiger partial charge in [-0.05, 0) is 48.9 Å². The molecule has 0 N–H and O–H groups in total. The molecule has 0 radical (unpaired) electrons. The Kier molecular flexibility index (Phi) is 7.78. The van der Waals surface area contributed by atoms with E-state index in [2.05, 4.69) is 10.1 Å². The number of methoxy groups -OCH3 is 5. The molecular weight excluding hydrogens is 494 g/mol. The molecule has 1 aromatic heterocycles. The molecule has 10 heteroatoms. The summed E-state index contributed by atoms with van der Waals surface area (Å²) in [5.41, 5.74) is 2.76. The fourth-order valence-electron chi connectivity index (χ4n) is 3.77. The summed E-state index contributed by atoms with van der Waals surface area (Å²) >= 11 is 1.36. The number of aryl methyl sites for hydroxylation is 1. The van der Waals surface area contributed by atoms with Crippen LogP contribution < -0.4 is 28.7 Å². The van der Waals surface area contributed by atoms with Gasteiger partial charge in [-0.25, -0.2) is 4.98 Å². The molecule has 1 heterocycles. The fraction of sp³-hybridized carbons (Fsp3) is 0.222. The average molecular weight is 522 g/mol. The second kappa shape index (κ2) is 11.2. The predicted molar refractivity (Wildman–Crippen MR) is 144 cm³/mol. The number of rotatable bonds is 9. The molecular formula is C27H27N3O6S.